The molecule has 0 fully saturated rings. The lowest BCUT2D eigenvalue weighted by Gasteiger charge is -2.26. The Morgan fingerprint density at radius 2 is 2.21 bits per heavy atom. The van der Waals surface area contributed by atoms with Crippen LogP contribution in [0.4, 0.5) is 0 Å². The second-order valence-corrected chi connectivity index (χ2v) is 6.81. The predicted molar refractivity (Wildman–Crippen MR) is 84.2 cm³/mol. The predicted octanol–water partition coefficient (Wildman–Crippen LogP) is 3.00. The van der Waals surface area contributed by atoms with E-state index in [0.29, 0.717) is 0 Å². The minimum Gasteiger partial charge on any atom is -0.315 e. The average Bonchev–Trinajstić information content (AvgIpc) is 3.08. The second-order valence-electron chi connectivity index (χ2n) is 5.03. The van der Waals surface area contributed by atoms with Crippen LogP contribution in [-0.4, -0.2) is 31.1 Å². The summed E-state index contributed by atoms with van der Waals surface area (Å²) in [5.41, 5.74) is 3.01. The van der Waals surface area contributed by atoms with Crippen LogP contribution in [0.25, 0.3) is 0 Å². The third-order valence-corrected chi connectivity index (χ3v) is 5.42. The lowest BCUT2D eigenvalue weighted by Crippen LogP contribution is -2.36. The maximum atomic E-state index is 3.55. The molecule has 0 aliphatic carbocycles. The summed E-state index contributed by atoms with van der Waals surface area (Å²) in [6.45, 7) is 5.72. The summed E-state index contributed by atoms with van der Waals surface area (Å²) in [7, 11) is 0. The van der Waals surface area contributed by atoms with Gasteiger partial charge in [-0.15, -0.1) is 11.3 Å². The van der Waals surface area contributed by atoms with Gasteiger partial charge in [-0.3, -0.25) is 4.90 Å². The highest BCUT2D eigenvalue weighted by Gasteiger charge is 2.16. The lowest BCUT2D eigenvalue weighted by molar-refractivity contribution is 0.256. The van der Waals surface area contributed by atoms with Crippen molar-refractivity contribution in [3.8, 4) is 0 Å². The molecule has 0 aromatic carbocycles. The molecule has 3 heterocycles. The molecule has 1 N–H and O–H groups in total. The average molecular weight is 292 g/mol. The number of hydrogen-bond donors (Lipinski definition) is 1. The molecule has 0 saturated heterocycles. The van der Waals surface area contributed by atoms with Crippen LogP contribution in [0.1, 0.15) is 16.0 Å². The van der Waals surface area contributed by atoms with Gasteiger partial charge in [0.15, 0.2) is 0 Å². The molecule has 0 atom stereocenters. The van der Waals surface area contributed by atoms with Crippen molar-refractivity contribution in [1.29, 1.82) is 0 Å². The Labute approximate surface area is 123 Å². The molecule has 2 aromatic heterocycles. The van der Waals surface area contributed by atoms with E-state index in [-0.39, 0.29) is 0 Å². The molecule has 1 aliphatic rings. The lowest BCUT2D eigenvalue weighted by atomic mass is 10.1. The Morgan fingerprint density at radius 3 is 3.11 bits per heavy atom. The normalized spacial score (nSPS) is 15.6. The Bertz CT molecular complexity index is 490. The van der Waals surface area contributed by atoms with Crippen molar-refractivity contribution in [3.05, 3.63) is 44.3 Å². The zero-order valence-corrected chi connectivity index (χ0v) is 12.7. The standard InChI is InChI=1S/C15H20N2S2/c1(13-3-9-18-12-13)5-16-6-8-17-7-2-15-14(11-17)4-10-19-15/h3-4,9-10,12,16H,1-2,5-8,11H2. The van der Waals surface area contributed by atoms with Crippen molar-refractivity contribution >= 4 is 22.7 Å². The first-order valence-corrected chi connectivity index (χ1v) is 8.73. The third-order valence-electron chi connectivity index (χ3n) is 3.66. The first-order chi connectivity index (χ1) is 9.42. The minimum atomic E-state index is 1.09. The molecule has 4 heteroatoms. The van der Waals surface area contributed by atoms with Gasteiger partial charge in [-0.1, -0.05) is 0 Å². The van der Waals surface area contributed by atoms with E-state index in [1.807, 2.05) is 11.3 Å². The van der Waals surface area contributed by atoms with E-state index >= 15 is 0 Å². The number of nitrogens with one attached hydrogen (secondary N) is 1. The van der Waals surface area contributed by atoms with Crippen LogP contribution in [0.3, 0.4) is 0 Å². The van der Waals surface area contributed by atoms with E-state index in [0.717, 1.165) is 26.1 Å². The summed E-state index contributed by atoms with van der Waals surface area (Å²) in [4.78, 5) is 4.16. The van der Waals surface area contributed by atoms with E-state index in [1.165, 1.54) is 25.1 Å². The smallest absolute Gasteiger partial charge is 0.0245 e. The Balaban J connectivity index is 1.33. The monoisotopic (exact) mass is 292 g/mol. The van der Waals surface area contributed by atoms with Crippen LogP contribution in [0, 0.1) is 0 Å². The molecule has 0 unspecified atom stereocenters. The molecular formula is C15H20N2S2. The van der Waals surface area contributed by atoms with Crippen molar-refractivity contribution < 1.29 is 0 Å². The van der Waals surface area contributed by atoms with Crippen LogP contribution in [0.5, 0.6) is 0 Å². The van der Waals surface area contributed by atoms with Gasteiger partial charge in [-0.05, 0) is 58.8 Å². The highest BCUT2D eigenvalue weighted by Crippen LogP contribution is 2.23. The van der Waals surface area contributed by atoms with Crippen LogP contribution in [0.2, 0.25) is 0 Å². The van der Waals surface area contributed by atoms with Gasteiger partial charge >= 0.3 is 0 Å². The fourth-order valence-corrected chi connectivity index (χ4v) is 4.12. The first-order valence-electron chi connectivity index (χ1n) is 6.91. The number of thiophene rings is 2. The molecule has 0 bridgehead atoms. The van der Waals surface area contributed by atoms with Crippen molar-refractivity contribution in [2.45, 2.75) is 19.4 Å². The van der Waals surface area contributed by atoms with Crippen LogP contribution >= 0.6 is 22.7 Å². The zero-order valence-electron chi connectivity index (χ0n) is 11.1. The summed E-state index contributed by atoms with van der Waals surface area (Å²) in [5.74, 6) is 0. The number of fused-ring (bicyclic) bond motifs is 1. The van der Waals surface area contributed by atoms with Gasteiger partial charge in [0.25, 0.3) is 0 Å². The topological polar surface area (TPSA) is 15.3 Å². The van der Waals surface area contributed by atoms with Gasteiger partial charge in [0, 0.05) is 31.1 Å². The van der Waals surface area contributed by atoms with Crippen LogP contribution in [0.15, 0.2) is 28.3 Å². The zero-order chi connectivity index (χ0) is 12.9. The molecule has 102 valence electrons. The number of nitrogens with zero attached hydrogens (tertiary/aromatic N) is 1. The van der Waals surface area contributed by atoms with Gasteiger partial charge in [-0.25, -0.2) is 0 Å². The van der Waals surface area contributed by atoms with Crippen molar-refractivity contribution in [2.75, 3.05) is 26.2 Å². The number of hydrogen-bond acceptors (Lipinski definition) is 4. The fraction of sp³-hybridized carbons (Fsp3) is 0.467. The van der Waals surface area contributed by atoms with E-state index in [9.17, 15) is 0 Å². The van der Waals surface area contributed by atoms with Crippen molar-refractivity contribution in [1.82, 2.24) is 10.2 Å². The summed E-state index contributed by atoms with van der Waals surface area (Å²) < 4.78 is 0. The maximum Gasteiger partial charge on any atom is 0.0245 e. The van der Waals surface area contributed by atoms with Gasteiger partial charge < -0.3 is 5.32 Å². The van der Waals surface area contributed by atoms with E-state index in [4.69, 9.17) is 0 Å². The summed E-state index contributed by atoms with van der Waals surface area (Å²) >= 11 is 3.70. The van der Waals surface area contributed by atoms with Crippen LogP contribution < -0.4 is 5.32 Å². The molecule has 2 aromatic rings. The molecule has 1 aliphatic heterocycles. The van der Waals surface area contributed by atoms with E-state index in [1.54, 1.807) is 21.8 Å². The first kappa shape index (κ1) is 13.3. The molecule has 0 radical (unpaired) electrons. The van der Waals surface area contributed by atoms with E-state index < -0.39 is 0 Å². The van der Waals surface area contributed by atoms with Crippen molar-refractivity contribution in [3.63, 3.8) is 0 Å². The molecule has 2 nitrogen and oxygen atoms in total. The highest BCUT2D eigenvalue weighted by atomic mass is 32.1. The summed E-state index contributed by atoms with van der Waals surface area (Å²) in [6, 6.07) is 4.51. The maximum absolute atomic E-state index is 3.55. The second kappa shape index (κ2) is 6.66. The quantitative estimate of drug-likeness (QED) is 0.823. The summed E-state index contributed by atoms with van der Waals surface area (Å²) in [6.07, 6.45) is 2.39. The molecule has 19 heavy (non-hydrogen) atoms. The molecule has 0 amide bonds. The Morgan fingerprint density at radius 1 is 1.21 bits per heavy atom. The Kier molecular flexibility index (Phi) is 4.66. The van der Waals surface area contributed by atoms with Gasteiger partial charge in [0.05, 0.1) is 0 Å². The van der Waals surface area contributed by atoms with Gasteiger partial charge in [-0.2, -0.15) is 11.3 Å². The summed E-state index contributed by atoms with van der Waals surface area (Å²) in [5, 5.41) is 10.2. The van der Waals surface area contributed by atoms with E-state index in [2.05, 4.69) is 38.5 Å². The van der Waals surface area contributed by atoms with Crippen molar-refractivity contribution in [2.24, 2.45) is 0 Å². The van der Waals surface area contributed by atoms with Crippen LogP contribution in [-0.2, 0) is 19.4 Å². The minimum absolute atomic E-state index is 1.09. The molecular weight excluding hydrogens is 272 g/mol. The fourth-order valence-electron chi connectivity index (χ4n) is 2.53. The largest absolute Gasteiger partial charge is 0.315 e. The number of rotatable bonds is 6. The molecule has 0 saturated carbocycles. The SMILES string of the molecule is c1cc(CCNCCN2CCc3sccc3C2)cs1. The van der Waals surface area contributed by atoms with Gasteiger partial charge in [0.2, 0.25) is 0 Å². The molecule has 0 spiro atoms. The van der Waals surface area contributed by atoms with Gasteiger partial charge in [0.1, 0.15) is 0 Å². The Hall–Kier alpha value is -0.680. The highest BCUT2D eigenvalue weighted by molar-refractivity contribution is 7.10. The third kappa shape index (κ3) is 3.66. The molecule has 3 rings (SSSR count).